The number of carbonyl (C=O) groups is 2. The Kier molecular flexibility index (Phi) is 3.75. The van der Waals surface area contributed by atoms with Crippen molar-refractivity contribution in [3.05, 3.63) is 30.1 Å². The first-order valence-electron chi connectivity index (χ1n) is 8.16. The van der Waals surface area contributed by atoms with Crippen LogP contribution in [0.4, 0.5) is 0 Å². The Morgan fingerprint density at radius 1 is 1.29 bits per heavy atom. The highest BCUT2D eigenvalue weighted by Gasteiger charge is 2.32. The van der Waals surface area contributed by atoms with E-state index in [1.807, 2.05) is 0 Å². The highest BCUT2D eigenvalue weighted by atomic mass is 16.2. The van der Waals surface area contributed by atoms with E-state index in [9.17, 15) is 9.59 Å². The Morgan fingerprint density at radius 2 is 2.17 bits per heavy atom. The zero-order valence-corrected chi connectivity index (χ0v) is 13.2. The molecule has 1 fully saturated rings. The fraction of sp³-hybridized carbons (Fsp3) is 0.533. The van der Waals surface area contributed by atoms with Crippen molar-refractivity contribution in [2.75, 3.05) is 6.54 Å². The predicted octanol–water partition coefficient (Wildman–Crippen LogP) is -0.0579. The SMILES string of the molecule is O=C(NC1CCC1)C1CN(C(=O)c2ccn[nH]2)Cc2ncnn2C1. The van der Waals surface area contributed by atoms with Crippen molar-refractivity contribution in [2.24, 2.45) is 5.92 Å². The van der Waals surface area contributed by atoms with E-state index in [0.717, 1.165) is 19.3 Å². The van der Waals surface area contributed by atoms with Gasteiger partial charge in [-0.05, 0) is 25.3 Å². The van der Waals surface area contributed by atoms with E-state index in [2.05, 4.69) is 25.6 Å². The van der Waals surface area contributed by atoms with Gasteiger partial charge in [-0.25, -0.2) is 9.67 Å². The molecule has 3 heterocycles. The quantitative estimate of drug-likeness (QED) is 0.820. The summed E-state index contributed by atoms with van der Waals surface area (Å²) >= 11 is 0. The van der Waals surface area contributed by atoms with Crippen LogP contribution >= 0.6 is 0 Å². The van der Waals surface area contributed by atoms with Crippen molar-refractivity contribution in [1.29, 1.82) is 0 Å². The van der Waals surface area contributed by atoms with Crippen LogP contribution in [-0.2, 0) is 17.9 Å². The third-order valence-corrected chi connectivity index (χ3v) is 4.70. The average molecular weight is 329 g/mol. The van der Waals surface area contributed by atoms with Crippen molar-refractivity contribution in [3.63, 3.8) is 0 Å². The van der Waals surface area contributed by atoms with Crippen molar-refractivity contribution in [2.45, 2.75) is 38.4 Å². The summed E-state index contributed by atoms with van der Waals surface area (Å²) in [5.74, 6) is 0.123. The summed E-state index contributed by atoms with van der Waals surface area (Å²) in [7, 11) is 0. The lowest BCUT2D eigenvalue weighted by Crippen LogP contribution is -2.46. The Bertz CT molecular complexity index is 735. The van der Waals surface area contributed by atoms with Gasteiger partial charge in [0.2, 0.25) is 5.91 Å². The van der Waals surface area contributed by atoms with Crippen molar-refractivity contribution in [3.8, 4) is 0 Å². The van der Waals surface area contributed by atoms with E-state index < -0.39 is 0 Å². The molecule has 9 heteroatoms. The first kappa shape index (κ1) is 14.9. The molecular formula is C15H19N7O2. The lowest BCUT2D eigenvalue weighted by molar-refractivity contribution is -0.127. The maximum Gasteiger partial charge on any atom is 0.272 e. The van der Waals surface area contributed by atoms with Crippen LogP contribution in [0.3, 0.4) is 0 Å². The van der Waals surface area contributed by atoms with Gasteiger partial charge in [0.05, 0.1) is 19.0 Å². The molecule has 0 radical (unpaired) electrons. The molecule has 0 aromatic carbocycles. The van der Waals surface area contributed by atoms with Crippen LogP contribution in [0.2, 0.25) is 0 Å². The molecule has 0 bridgehead atoms. The fourth-order valence-corrected chi connectivity index (χ4v) is 3.07. The zero-order chi connectivity index (χ0) is 16.5. The molecule has 2 amide bonds. The molecule has 0 saturated heterocycles. The van der Waals surface area contributed by atoms with E-state index >= 15 is 0 Å². The second kappa shape index (κ2) is 6.06. The lowest BCUT2D eigenvalue weighted by Gasteiger charge is -2.29. The number of aromatic amines is 1. The van der Waals surface area contributed by atoms with Crippen LogP contribution < -0.4 is 5.32 Å². The van der Waals surface area contributed by atoms with Crippen molar-refractivity contribution >= 4 is 11.8 Å². The number of carbonyl (C=O) groups excluding carboxylic acids is 2. The minimum atomic E-state index is -0.347. The number of aromatic nitrogens is 5. The number of amides is 2. The largest absolute Gasteiger partial charge is 0.353 e. The molecule has 2 aromatic heterocycles. The molecule has 1 aliphatic carbocycles. The van der Waals surface area contributed by atoms with Crippen molar-refractivity contribution in [1.82, 2.24) is 35.2 Å². The van der Waals surface area contributed by atoms with Gasteiger partial charge in [-0.3, -0.25) is 14.7 Å². The van der Waals surface area contributed by atoms with Gasteiger partial charge < -0.3 is 10.2 Å². The molecule has 24 heavy (non-hydrogen) atoms. The van der Waals surface area contributed by atoms with Crippen LogP contribution in [0.15, 0.2) is 18.6 Å². The molecule has 1 atom stereocenters. The van der Waals surface area contributed by atoms with Crippen molar-refractivity contribution < 1.29 is 9.59 Å². The Hall–Kier alpha value is -2.71. The Balaban J connectivity index is 1.56. The lowest BCUT2D eigenvalue weighted by atomic mass is 9.92. The maximum absolute atomic E-state index is 12.7. The van der Waals surface area contributed by atoms with Crippen LogP contribution in [0, 0.1) is 5.92 Å². The summed E-state index contributed by atoms with van der Waals surface area (Å²) in [5, 5.41) is 13.8. The maximum atomic E-state index is 12.7. The molecule has 2 N–H and O–H groups in total. The standard InChI is InChI=1S/C15H19N7O2/c23-14(19-11-2-1-3-11)10-6-21(15(24)12-4-5-17-20-12)8-13-16-9-18-22(13)7-10/h4-5,9-11H,1-3,6-8H2,(H,17,20)(H,19,23). The second-order valence-electron chi connectivity index (χ2n) is 6.35. The fourth-order valence-electron chi connectivity index (χ4n) is 3.07. The molecule has 1 aliphatic heterocycles. The van der Waals surface area contributed by atoms with Gasteiger partial charge in [0.1, 0.15) is 17.8 Å². The number of nitrogens with one attached hydrogen (secondary N) is 2. The summed E-state index contributed by atoms with van der Waals surface area (Å²) in [6.07, 6.45) is 6.22. The van der Waals surface area contributed by atoms with Gasteiger partial charge in [-0.1, -0.05) is 0 Å². The van der Waals surface area contributed by atoms with Gasteiger partial charge in [0, 0.05) is 18.8 Å². The van der Waals surface area contributed by atoms with E-state index in [4.69, 9.17) is 0 Å². The summed E-state index contributed by atoms with van der Waals surface area (Å²) in [5.41, 5.74) is 0.404. The van der Waals surface area contributed by atoms with Gasteiger partial charge in [-0.15, -0.1) is 0 Å². The normalized spacial score (nSPS) is 20.8. The van der Waals surface area contributed by atoms with Gasteiger partial charge in [0.25, 0.3) is 5.91 Å². The topological polar surface area (TPSA) is 109 Å². The highest BCUT2D eigenvalue weighted by Crippen LogP contribution is 2.21. The van der Waals surface area contributed by atoms with Gasteiger partial charge >= 0.3 is 0 Å². The third-order valence-electron chi connectivity index (χ3n) is 4.70. The van der Waals surface area contributed by atoms with Crippen LogP contribution in [0.5, 0.6) is 0 Å². The van der Waals surface area contributed by atoms with Crippen LogP contribution in [0.25, 0.3) is 0 Å². The summed E-state index contributed by atoms with van der Waals surface area (Å²) < 4.78 is 1.71. The number of rotatable bonds is 3. The summed E-state index contributed by atoms with van der Waals surface area (Å²) in [4.78, 5) is 31.1. The molecule has 0 spiro atoms. The third kappa shape index (κ3) is 2.77. The first-order chi connectivity index (χ1) is 11.7. The predicted molar refractivity (Wildman–Crippen MR) is 82.6 cm³/mol. The van der Waals surface area contributed by atoms with E-state index in [1.54, 1.807) is 15.6 Å². The molecular weight excluding hydrogens is 310 g/mol. The van der Waals surface area contributed by atoms with Gasteiger partial charge in [0.15, 0.2) is 0 Å². The molecule has 2 aliphatic rings. The number of H-pyrrole nitrogens is 1. The monoisotopic (exact) mass is 329 g/mol. The summed E-state index contributed by atoms with van der Waals surface area (Å²) in [6.45, 7) is 1.09. The Morgan fingerprint density at radius 3 is 2.88 bits per heavy atom. The molecule has 9 nitrogen and oxygen atoms in total. The molecule has 126 valence electrons. The molecule has 4 rings (SSSR count). The minimum Gasteiger partial charge on any atom is -0.353 e. The Labute approximate surface area is 138 Å². The summed E-state index contributed by atoms with van der Waals surface area (Å²) in [6, 6.07) is 1.90. The highest BCUT2D eigenvalue weighted by molar-refractivity contribution is 5.92. The second-order valence-corrected chi connectivity index (χ2v) is 6.35. The smallest absolute Gasteiger partial charge is 0.272 e. The minimum absolute atomic E-state index is 0.0227. The van der Waals surface area contributed by atoms with Crippen LogP contribution in [-0.4, -0.2) is 54.3 Å². The molecule has 1 unspecified atom stereocenters. The number of hydrogen-bond donors (Lipinski definition) is 2. The number of fused-ring (bicyclic) bond motifs is 1. The molecule has 1 saturated carbocycles. The first-order valence-corrected chi connectivity index (χ1v) is 8.16. The van der Waals surface area contributed by atoms with Gasteiger partial charge in [-0.2, -0.15) is 10.2 Å². The number of nitrogens with zero attached hydrogens (tertiary/aromatic N) is 5. The van der Waals surface area contributed by atoms with E-state index in [0.29, 0.717) is 31.2 Å². The number of hydrogen-bond acceptors (Lipinski definition) is 5. The zero-order valence-electron chi connectivity index (χ0n) is 13.2. The molecule has 2 aromatic rings. The average Bonchev–Trinajstić information content (AvgIpc) is 3.18. The van der Waals surface area contributed by atoms with E-state index in [-0.39, 0.29) is 23.8 Å². The van der Waals surface area contributed by atoms with E-state index in [1.165, 1.54) is 12.5 Å². The van der Waals surface area contributed by atoms with Crippen LogP contribution in [0.1, 0.15) is 35.6 Å².